The van der Waals surface area contributed by atoms with Crippen LogP contribution in [0.3, 0.4) is 0 Å². The molecule has 0 bridgehead atoms. The summed E-state index contributed by atoms with van der Waals surface area (Å²) < 4.78 is 41.7. The summed E-state index contributed by atoms with van der Waals surface area (Å²) in [4.78, 5) is 15.5. The van der Waals surface area contributed by atoms with Crippen LogP contribution < -0.4 is 4.90 Å². The number of carbonyl (C=O) groups is 1. The van der Waals surface area contributed by atoms with Gasteiger partial charge in [-0.3, -0.25) is 4.79 Å². The predicted octanol–water partition coefficient (Wildman–Crippen LogP) is 3.07. The van der Waals surface area contributed by atoms with E-state index in [1.807, 2.05) is 0 Å². The quantitative estimate of drug-likeness (QED) is 0.371. The molecule has 1 amide bonds. The van der Waals surface area contributed by atoms with E-state index < -0.39 is 66.8 Å². The van der Waals surface area contributed by atoms with Gasteiger partial charge >= 0.3 is 0 Å². The smallest absolute Gasteiger partial charge is 0.259 e. The number of amides is 1. The van der Waals surface area contributed by atoms with E-state index in [1.54, 1.807) is 0 Å². The van der Waals surface area contributed by atoms with E-state index in [4.69, 9.17) is 32.7 Å². The standard InChI is InChI=1S/C27H28Cl2F2N4O6/c1-12-3-4-16(22(31)21(12)30)17-10-34(33-32-17)23-24(38)20(11-36)41-26(25(23)40-2)27(39)35(18-5-6-19(18)37)15-8-13(28)7-14(29)9-15/h3-4,7-10,18-20,23-26,36-38H,5-6,11H2,1-2H3/t18-,19-,20?,23?,24?,25?,26?/m0/s1. The van der Waals surface area contributed by atoms with Gasteiger partial charge in [0.25, 0.3) is 5.91 Å². The van der Waals surface area contributed by atoms with E-state index >= 15 is 0 Å². The first-order valence-electron chi connectivity index (χ1n) is 12.9. The van der Waals surface area contributed by atoms with Gasteiger partial charge in [-0.25, -0.2) is 13.5 Å². The molecule has 1 aliphatic carbocycles. The second-order valence-corrected chi connectivity index (χ2v) is 11.0. The number of rotatable bonds is 7. The molecule has 220 valence electrons. The highest BCUT2D eigenvalue weighted by atomic mass is 35.5. The van der Waals surface area contributed by atoms with Crippen LogP contribution in [-0.4, -0.2) is 86.5 Å². The minimum Gasteiger partial charge on any atom is -0.394 e. The van der Waals surface area contributed by atoms with Crippen molar-refractivity contribution >= 4 is 34.8 Å². The van der Waals surface area contributed by atoms with Crippen molar-refractivity contribution in [1.29, 1.82) is 0 Å². The fourth-order valence-electron chi connectivity index (χ4n) is 5.31. The Morgan fingerprint density at radius 1 is 1.17 bits per heavy atom. The molecule has 1 aliphatic heterocycles. The highest BCUT2D eigenvalue weighted by Gasteiger charge is 2.52. The summed E-state index contributed by atoms with van der Waals surface area (Å²) in [6.45, 7) is 0.766. The molecule has 0 spiro atoms. The fraction of sp³-hybridized carbons (Fsp3) is 0.444. The van der Waals surface area contributed by atoms with Crippen molar-refractivity contribution in [2.24, 2.45) is 0 Å². The zero-order valence-electron chi connectivity index (χ0n) is 22.0. The van der Waals surface area contributed by atoms with Crippen molar-refractivity contribution in [3.63, 3.8) is 0 Å². The van der Waals surface area contributed by atoms with Crippen LogP contribution in [0.1, 0.15) is 24.4 Å². The largest absolute Gasteiger partial charge is 0.394 e. The summed E-state index contributed by atoms with van der Waals surface area (Å²) in [7, 11) is 1.30. The van der Waals surface area contributed by atoms with Gasteiger partial charge in [0.15, 0.2) is 17.7 Å². The first kappa shape index (κ1) is 29.8. The van der Waals surface area contributed by atoms with E-state index in [2.05, 4.69) is 10.3 Å². The summed E-state index contributed by atoms with van der Waals surface area (Å²) in [5, 5.41) is 40.2. The monoisotopic (exact) mass is 612 g/mol. The summed E-state index contributed by atoms with van der Waals surface area (Å²) in [6, 6.07) is 5.54. The van der Waals surface area contributed by atoms with Crippen molar-refractivity contribution in [3.8, 4) is 11.3 Å². The number of anilines is 1. The molecule has 5 unspecified atom stereocenters. The highest BCUT2D eigenvalue weighted by molar-refractivity contribution is 6.35. The molecule has 1 aromatic heterocycles. The molecule has 14 heteroatoms. The molecule has 41 heavy (non-hydrogen) atoms. The van der Waals surface area contributed by atoms with Crippen LogP contribution in [0.25, 0.3) is 11.3 Å². The number of aliphatic hydroxyl groups is 3. The van der Waals surface area contributed by atoms with Crippen LogP contribution in [0.4, 0.5) is 14.5 Å². The van der Waals surface area contributed by atoms with E-state index in [0.717, 1.165) is 0 Å². The van der Waals surface area contributed by atoms with Gasteiger partial charge in [-0.15, -0.1) is 5.10 Å². The van der Waals surface area contributed by atoms with Gasteiger partial charge in [-0.2, -0.15) is 0 Å². The fourth-order valence-corrected chi connectivity index (χ4v) is 5.83. The molecule has 2 fully saturated rings. The molecule has 10 nitrogen and oxygen atoms in total. The van der Waals surface area contributed by atoms with Crippen LogP contribution in [0.2, 0.25) is 10.0 Å². The van der Waals surface area contributed by atoms with Crippen LogP contribution >= 0.6 is 23.2 Å². The first-order valence-corrected chi connectivity index (χ1v) is 13.6. The van der Waals surface area contributed by atoms with Crippen molar-refractivity contribution < 1.29 is 38.4 Å². The molecule has 3 aromatic rings. The number of carbonyl (C=O) groups excluding carboxylic acids is 1. The Morgan fingerprint density at radius 3 is 2.46 bits per heavy atom. The molecular formula is C27H28Cl2F2N4O6. The number of aliphatic hydroxyl groups excluding tert-OH is 3. The van der Waals surface area contributed by atoms with Gasteiger partial charge in [0.05, 0.1) is 24.9 Å². The van der Waals surface area contributed by atoms with E-state index in [-0.39, 0.29) is 26.9 Å². The van der Waals surface area contributed by atoms with Gasteiger partial charge in [-0.05, 0) is 49.6 Å². The Morgan fingerprint density at radius 2 is 1.88 bits per heavy atom. The molecule has 5 rings (SSSR count). The minimum absolute atomic E-state index is 0.0221. The lowest BCUT2D eigenvalue weighted by atomic mass is 9.85. The number of hydrogen-bond donors (Lipinski definition) is 3. The molecule has 1 saturated carbocycles. The van der Waals surface area contributed by atoms with Crippen molar-refractivity contribution in [2.45, 2.75) is 62.4 Å². The summed E-state index contributed by atoms with van der Waals surface area (Å²) >= 11 is 12.4. The summed E-state index contributed by atoms with van der Waals surface area (Å²) in [5.41, 5.74) is 0.264. The van der Waals surface area contributed by atoms with Crippen molar-refractivity contribution in [3.05, 3.63) is 63.8 Å². The summed E-state index contributed by atoms with van der Waals surface area (Å²) in [6.07, 6.45) is -3.86. The molecule has 2 aromatic carbocycles. The Balaban J connectivity index is 1.54. The van der Waals surface area contributed by atoms with Crippen molar-refractivity contribution in [2.75, 3.05) is 18.6 Å². The Kier molecular flexibility index (Phi) is 8.63. The third-order valence-corrected chi connectivity index (χ3v) is 8.08. The number of ether oxygens (including phenoxy) is 2. The lowest BCUT2D eigenvalue weighted by Crippen LogP contribution is -2.64. The average Bonchev–Trinajstić information content (AvgIpc) is 3.41. The molecular weight excluding hydrogens is 585 g/mol. The number of hydrogen-bond acceptors (Lipinski definition) is 8. The minimum atomic E-state index is -1.44. The van der Waals surface area contributed by atoms with E-state index in [0.29, 0.717) is 18.5 Å². The maximum atomic E-state index is 14.7. The second kappa shape index (κ2) is 11.9. The van der Waals surface area contributed by atoms with Crippen molar-refractivity contribution in [1.82, 2.24) is 15.0 Å². The zero-order chi connectivity index (χ0) is 29.6. The first-order chi connectivity index (χ1) is 19.5. The Bertz CT molecular complexity index is 1420. The second-order valence-electron chi connectivity index (χ2n) is 10.1. The van der Waals surface area contributed by atoms with E-state index in [9.17, 15) is 28.9 Å². The topological polar surface area (TPSA) is 130 Å². The lowest BCUT2D eigenvalue weighted by Gasteiger charge is -2.47. The third-order valence-electron chi connectivity index (χ3n) is 7.65. The zero-order valence-corrected chi connectivity index (χ0v) is 23.5. The maximum Gasteiger partial charge on any atom is 0.259 e. The lowest BCUT2D eigenvalue weighted by molar-refractivity contribution is -0.211. The normalized spacial score (nSPS) is 27.9. The SMILES string of the molecule is COC1C(C(=O)N(c2cc(Cl)cc(Cl)c2)[C@H]2CC[C@@H]2O)OC(CO)C(O)C1n1cc(-c2ccc(C)c(F)c2F)nn1. The molecule has 2 aliphatic rings. The molecule has 1 saturated heterocycles. The number of methoxy groups -OCH3 is 1. The van der Waals surface area contributed by atoms with Gasteiger partial charge in [0, 0.05) is 28.4 Å². The molecule has 2 heterocycles. The van der Waals surface area contributed by atoms with Gasteiger partial charge in [-0.1, -0.05) is 34.5 Å². The van der Waals surface area contributed by atoms with Crippen LogP contribution in [0.15, 0.2) is 36.5 Å². The Labute approximate surface area is 244 Å². The van der Waals surface area contributed by atoms with Crippen LogP contribution in [0.5, 0.6) is 0 Å². The van der Waals surface area contributed by atoms with Gasteiger partial charge in [0.2, 0.25) is 0 Å². The van der Waals surface area contributed by atoms with Crippen LogP contribution in [0, 0.1) is 18.6 Å². The molecule has 0 radical (unpaired) electrons. The van der Waals surface area contributed by atoms with Gasteiger partial charge in [0.1, 0.15) is 30.0 Å². The number of aromatic nitrogens is 3. The summed E-state index contributed by atoms with van der Waals surface area (Å²) in [5.74, 6) is -2.77. The number of nitrogens with zero attached hydrogens (tertiary/aromatic N) is 4. The number of benzene rings is 2. The highest BCUT2D eigenvalue weighted by Crippen LogP contribution is 2.38. The maximum absolute atomic E-state index is 14.7. The number of aryl methyl sites for hydroxylation is 1. The third kappa shape index (κ3) is 5.45. The average molecular weight is 613 g/mol. The Hall–Kier alpha value is -2.71. The molecule has 3 N–H and O–H groups in total. The van der Waals surface area contributed by atoms with Gasteiger partial charge < -0.3 is 29.7 Å². The number of halogens is 4. The predicted molar refractivity (Wildman–Crippen MR) is 145 cm³/mol. The molecule has 7 atom stereocenters. The van der Waals surface area contributed by atoms with Crippen LogP contribution in [-0.2, 0) is 14.3 Å². The van der Waals surface area contributed by atoms with E-state index in [1.165, 1.54) is 60.1 Å².